The van der Waals surface area contributed by atoms with Crippen molar-refractivity contribution in [2.75, 3.05) is 0 Å². The van der Waals surface area contributed by atoms with Crippen molar-refractivity contribution < 1.29 is 26.7 Å². The fraction of sp³-hybridized carbons (Fsp3) is 0.364. The van der Waals surface area contributed by atoms with Crippen LogP contribution in [-0.2, 0) is 13.8 Å². The van der Waals surface area contributed by atoms with Gasteiger partial charge in [-0.25, -0.2) is 22.0 Å². The lowest BCUT2D eigenvalue weighted by atomic mass is 9.96. The quantitative estimate of drug-likeness (QED) is 0.587. The van der Waals surface area contributed by atoms with Gasteiger partial charge in [0.15, 0.2) is 5.82 Å². The molecule has 0 unspecified atom stereocenters. The van der Waals surface area contributed by atoms with Crippen LogP contribution < -0.4 is 0 Å². The van der Waals surface area contributed by atoms with E-state index in [1.165, 1.54) is 0 Å². The Morgan fingerprint density at radius 3 is 2.45 bits per heavy atom. The van der Waals surface area contributed by atoms with E-state index in [-0.39, 0.29) is 6.10 Å². The normalized spacial score (nSPS) is 15.8. The Hall–Kier alpha value is -0.730. The predicted molar refractivity (Wildman–Crippen MR) is 70.2 cm³/mol. The number of rotatable bonds is 3. The molecule has 0 heterocycles. The summed E-state index contributed by atoms with van der Waals surface area (Å²) in [6, 6.07) is 0.662. The highest BCUT2D eigenvalue weighted by Crippen LogP contribution is 2.33. The van der Waals surface area contributed by atoms with Crippen LogP contribution in [0.2, 0.25) is 0 Å². The first-order valence-corrected chi connectivity index (χ1v) is 8.65. The molecular formula is C11H8BrClF2O4S. The van der Waals surface area contributed by atoms with Crippen molar-refractivity contribution in [2.24, 2.45) is 0 Å². The van der Waals surface area contributed by atoms with E-state index in [1.54, 1.807) is 0 Å². The van der Waals surface area contributed by atoms with Gasteiger partial charge in [0.2, 0.25) is 0 Å². The van der Waals surface area contributed by atoms with Gasteiger partial charge in [0, 0.05) is 15.2 Å². The molecule has 1 fully saturated rings. The Balaban J connectivity index is 2.49. The van der Waals surface area contributed by atoms with Crippen molar-refractivity contribution >= 4 is 41.6 Å². The number of carbonyl (C=O) groups is 1. The second kappa shape index (κ2) is 5.57. The first kappa shape index (κ1) is 15.7. The van der Waals surface area contributed by atoms with Crippen LogP contribution in [0.3, 0.4) is 0 Å². The minimum atomic E-state index is -4.48. The highest BCUT2D eigenvalue weighted by Gasteiger charge is 2.32. The topological polar surface area (TPSA) is 60.4 Å². The second-order valence-electron chi connectivity index (χ2n) is 4.25. The smallest absolute Gasteiger partial charge is 0.344 e. The number of carbonyl (C=O) groups excluding carboxylic acids is 1. The molecular weight excluding hydrogens is 382 g/mol. The molecule has 0 N–H and O–H groups in total. The van der Waals surface area contributed by atoms with E-state index < -0.39 is 41.6 Å². The highest BCUT2D eigenvalue weighted by molar-refractivity contribution is 9.10. The summed E-state index contributed by atoms with van der Waals surface area (Å²) in [6.07, 6.45) is 1.71. The molecule has 0 bridgehead atoms. The van der Waals surface area contributed by atoms with Crippen LogP contribution in [0, 0.1) is 11.6 Å². The maximum absolute atomic E-state index is 14.1. The first-order valence-electron chi connectivity index (χ1n) is 5.55. The molecule has 1 saturated carbocycles. The van der Waals surface area contributed by atoms with E-state index in [9.17, 15) is 22.0 Å². The van der Waals surface area contributed by atoms with Gasteiger partial charge in [0.05, 0.1) is 0 Å². The van der Waals surface area contributed by atoms with Gasteiger partial charge < -0.3 is 4.74 Å². The van der Waals surface area contributed by atoms with Crippen LogP contribution >= 0.6 is 26.6 Å². The minimum absolute atomic E-state index is 0.388. The molecule has 0 atom stereocenters. The third kappa shape index (κ3) is 2.96. The van der Waals surface area contributed by atoms with Crippen molar-refractivity contribution in [1.82, 2.24) is 0 Å². The second-order valence-corrected chi connectivity index (χ2v) is 7.61. The molecule has 0 spiro atoms. The van der Waals surface area contributed by atoms with Gasteiger partial charge in [0.25, 0.3) is 9.05 Å². The van der Waals surface area contributed by atoms with E-state index in [2.05, 4.69) is 15.9 Å². The van der Waals surface area contributed by atoms with Crippen molar-refractivity contribution in [1.29, 1.82) is 0 Å². The van der Waals surface area contributed by atoms with Gasteiger partial charge in [-0.15, -0.1) is 0 Å². The molecule has 0 radical (unpaired) electrons. The molecule has 9 heteroatoms. The van der Waals surface area contributed by atoms with Gasteiger partial charge in [-0.2, -0.15) is 0 Å². The molecule has 0 aromatic heterocycles. The third-order valence-electron chi connectivity index (χ3n) is 2.90. The number of hydrogen-bond donors (Lipinski definition) is 0. The Morgan fingerprint density at radius 2 is 2.00 bits per heavy atom. The molecule has 0 aliphatic heterocycles. The summed E-state index contributed by atoms with van der Waals surface area (Å²) in [7, 11) is 0.589. The zero-order valence-electron chi connectivity index (χ0n) is 9.83. The standard InChI is InChI=1S/C11H8BrClF2O4S/c12-6-4-7(14)8(9(15)10(6)20(13,17)18)11(16)19-5-2-1-3-5/h4-5H,1-3H2. The number of halogens is 4. The average molecular weight is 390 g/mol. The molecule has 110 valence electrons. The summed E-state index contributed by atoms with van der Waals surface area (Å²) in [4.78, 5) is 10.7. The Morgan fingerprint density at radius 1 is 1.40 bits per heavy atom. The largest absolute Gasteiger partial charge is 0.459 e. The summed E-state index contributed by atoms with van der Waals surface area (Å²) in [5, 5.41) is 0. The molecule has 1 aromatic rings. The zero-order chi connectivity index (χ0) is 15.1. The summed E-state index contributed by atoms with van der Waals surface area (Å²) in [6.45, 7) is 0. The minimum Gasteiger partial charge on any atom is -0.459 e. The van der Waals surface area contributed by atoms with E-state index >= 15 is 0 Å². The van der Waals surface area contributed by atoms with Crippen LogP contribution in [0.15, 0.2) is 15.4 Å². The Labute approximate surface area is 126 Å². The lowest BCUT2D eigenvalue weighted by molar-refractivity contribution is 0.00796. The van der Waals surface area contributed by atoms with Gasteiger partial charge in [-0.1, -0.05) is 0 Å². The van der Waals surface area contributed by atoms with E-state index in [0.29, 0.717) is 18.9 Å². The fourth-order valence-corrected chi connectivity index (χ4v) is 4.04. The lowest BCUT2D eigenvalue weighted by Crippen LogP contribution is -2.26. The van der Waals surface area contributed by atoms with Crippen LogP contribution in [0.5, 0.6) is 0 Å². The Bertz CT molecular complexity index is 673. The monoisotopic (exact) mass is 388 g/mol. The van der Waals surface area contributed by atoms with E-state index in [0.717, 1.165) is 6.42 Å². The maximum Gasteiger partial charge on any atom is 0.344 e. The molecule has 1 aliphatic carbocycles. The number of ether oxygens (including phenoxy) is 1. The molecule has 2 rings (SSSR count). The van der Waals surface area contributed by atoms with Gasteiger partial charge >= 0.3 is 5.97 Å². The highest BCUT2D eigenvalue weighted by atomic mass is 79.9. The molecule has 4 nitrogen and oxygen atoms in total. The zero-order valence-corrected chi connectivity index (χ0v) is 13.0. The third-order valence-corrected chi connectivity index (χ3v) is 5.14. The number of benzene rings is 1. The van der Waals surface area contributed by atoms with Gasteiger partial charge in [0.1, 0.15) is 22.4 Å². The maximum atomic E-state index is 14.1. The van der Waals surface area contributed by atoms with Crippen molar-refractivity contribution in [3.8, 4) is 0 Å². The van der Waals surface area contributed by atoms with E-state index in [1.807, 2.05) is 0 Å². The van der Waals surface area contributed by atoms with Crippen molar-refractivity contribution in [3.63, 3.8) is 0 Å². The van der Waals surface area contributed by atoms with Gasteiger partial charge in [-0.3, -0.25) is 0 Å². The SMILES string of the molecule is O=C(OC1CCC1)c1c(F)cc(Br)c(S(=O)(=O)Cl)c1F. The van der Waals surface area contributed by atoms with Crippen LogP contribution in [0.1, 0.15) is 29.6 Å². The summed E-state index contributed by atoms with van der Waals surface area (Å²) < 4.78 is 54.8. The van der Waals surface area contributed by atoms with Crippen molar-refractivity contribution in [3.05, 3.63) is 27.7 Å². The predicted octanol–water partition coefficient (Wildman–Crippen LogP) is 3.36. The van der Waals surface area contributed by atoms with Crippen molar-refractivity contribution in [2.45, 2.75) is 30.3 Å². The fourth-order valence-electron chi connectivity index (χ4n) is 1.68. The summed E-state index contributed by atoms with van der Waals surface area (Å²) in [5.74, 6) is -4.02. The number of hydrogen-bond acceptors (Lipinski definition) is 4. The van der Waals surface area contributed by atoms with Crippen LogP contribution in [-0.4, -0.2) is 20.5 Å². The molecule has 1 aromatic carbocycles. The summed E-state index contributed by atoms with van der Waals surface area (Å²) >= 11 is 2.70. The average Bonchev–Trinajstić information content (AvgIpc) is 2.20. The molecule has 0 saturated heterocycles. The number of esters is 1. The van der Waals surface area contributed by atoms with Crippen LogP contribution in [0.25, 0.3) is 0 Å². The van der Waals surface area contributed by atoms with E-state index in [4.69, 9.17) is 15.4 Å². The Kier molecular flexibility index (Phi) is 4.36. The summed E-state index contributed by atoms with van der Waals surface area (Å²) in [5.41, 5.74) is -1.06. The molecule has 20 heavy (non-hydrogen) atoms. The lowest BCUT2D eigenvalue weighted by Gasteiger charge is -2.25. The first-order chi connectivity index (χ1) is 9.21. The van der Waals surface area contributed by atoms with Gasteiger partial charge in [-0.05, 0) is 41.3 Å². The van der Waals surface area contributed by atoms with Crippen LogP contribution in [0.4, 0.5) is 8.78 Å². The molecule has 1 aliphatic rings. The molecule has 0 amide bonds.